The average Bonchev–Trinajstić information content (AvgIpc) is 2.87. The van der Waals surface area contributed by atoms with Crippen LogP contribution in [0, 0.1) is 0 Å². The molecule has 1 unspecified atom stereocenters. The van der Waals surface area contributed by atoms with Crippen LogP contribution in [0.4, 0.5) is 5.69 Å². The first-order chi connectivity index (χ1) is 17.0. The van der Waals surface area contributed by atoms with Crippen LogP contribution in [0.5, 0.6) is 5.75 Å². The highest BCUT2D eigenvalue weighted by Crippen LogP contribution is 2.27. The van der Waals surface area contributed by atoms with Crippen molar-refractivity contribution in [2.24, 2.45) is 0 Å². The number of methoxy groups -OCH3 is 1. The molecule has 35 heavy (non-hydrogen) atoms. The van der Waals surface area contributed by atoms with Crippen LogP contribution in [-0.2, 0) is 11.3 Å². The molecule has 0 aliphatic carbocycles. The van der Waals surface area contributed by atoms with E-state index in [2.05, 4.69) is 31.4 Å². The van der Waals surface area contributed by atoms with E-state index in [0.29, 0.717) is 35.7 Å². The van der Waals surface area contributed by atoms with E-state index in [9.17, 15) is 9.59 Å². The summed E-state index contributed by atoms with van der Waals surface area (Å²) >= 11 is 0. The fourth-order valence-electron chi connectivity index (χ4n) is 3.95. The van der Waals surface area contributed by atoms with E-state index in [1.54, 1.807) is 31.4 Å². The Morgan fingerprint density at radius 3 is 2.37 bits per heavy atom. The third-order valence-corrected chi connectivity index (χ3v) is 6.00. The number of nitrogens with one attached hydrogen (secondary N) is 2. The highest BCUT2D eigenvalue weighted by atomic mass is 16.5. The number of amides is 2. The first-order valence-electron chi connectivity index (χ1n) is 13.0. The maximum absolute atomic E-state index is 13.3. The summed E-state index contributed by atoms with van der Waals surface area (Å²) in [5, 5.41) is 5.84. The SMILES string of the molecule is CCCCCC(CCC)OCc1ccccc1C(=O)Nc1cc(C(=O)NCCCC)ccc1OC. The Morgan fingerprint density at radius 1 is 0.886 bits per heavy atom. The Bertz CT molecular complexity index is 929. The molecule has 192 valence electrons. The van der Waals surface area contributed by atoms with E-state index >= 15 is 0 Å². The lowest BCUT2D eigenvalue weighted by Crippen LogP contribution is -2.24. The van der Waals surface area contributed by atoms with Crippen molar-refractivity contribution in [3.05, 3.63) is 59.2 Å². The van der Waals surface area contributed by atoms with Crippen molar-refractivity contribution < 1.29 is 19.1 Å². The molecule has 0 saturated heterocycles. The topological polar surface area (TPSA) is 76.7 Å². The van der Waals surface area contributed by atoms with Gasteiger partial charge in [0.05, 0.1) is 25.5 Å². The molecule has 0 spiro atoms. The van der Waals surface area contributed by atoms with E-state index in [1.807, 2.05) is 18.2 Å². The molecular weight excluding hydrogens is 440 g/mol. The zero-order valence-electron chi connectivity index (χ0n) is 21.8. The standard InChI is InChI=1S/C29H42N2O4/c1-5-8-10-15-24(13-7-3)35-21-23-14-11-12-16-25(23)29(33)31-26-20-22(17-18-27(26)34-4)28(32)30-19-9-6-2/h11-12,14,16-18,20,24H,5-10,13,15,19,21H2,1-4H3,(H,30,32)(H,31,33). The fraction of sp³-hybridized carbons (Fsp3) is 0.517. The van der Waals surface area contributed by atoms with Gasteiger partial charge in [0.15, 0.2) is 0 Å². The molecule has 6 nitrogen and oxygen atoms in total. The van der Waals surface area contributed by atoms with Gasteiger partial charge in [-0.3, -0.25) is 9.59 Å². The predicted octanol–water partition coefficient (Wildman–Crippen LogP) is 6.74. The minimum Gasteiger partial charge on any atom is -0.495 e. The Hall–Kier alpha value is -2.86. The van der Waals surface area contributed by atoms with Crippen molar-refractivity contribution in [2.75, 3.05) is 19.0 Å². The Morgan fingerprint density at radius 2 is 1.66 bits per heavy atom. The summed E-state index contributed by atoms with van der Waals surface area (Å²) in [6.07, 6.45) is 8.81. The highest BCUT2D eigenvalue weighted by molar-refractivity contribution is 6.07. The fourth-order valence-corrected chi connectivity index (χ4v) is 3.95. The van der Waals surface area contributed by atoms with E-state index in [-0.39, 0.29) is 17.9 Å². The second-order valence-corrected chi connectivity index (χ2v) is 8.85. The van der Waals surface area contributed by atoms with E-state index < -0.39 is 0 Å². The van der Waals surface area contributed by atoms with Crippen LogP contribution in [0.25, 0.3) is 0 Å². The zero-order valence-corrected chi connectivity index (χ0v) is 21.8. The summed E-state index contributed by atoms with van der Waals surface area (Å²) in [6, 6.07) is 12.5. The molecule has 2 aromatic carbocycles. The van der Waals surface area contributed by atoms with Crippen molar-refractivity contribution >= 4 is 17.5 Å². The van der Waals surface area contributed by atoms with Crippen molar-refractivity contribution in [1.29, 1.82) is 0 Å². The summed E-state index contributed by atoms with van der Waals surface area (Å²) in [6.45, 7) is 7.45. The molecule has 0 aromatic heterocycles. The van der Waals surface area contributed by atoms with Crippen LogP contribution < -0.4 is 15.4 Å². The predicted molar refractivity (Wildman–Crippen MR) is 142 cm³/mol. The van der Waals surface area contributed by atoms with Gasteiger partial charge in [0.2, 0.25) is 0 Å². The van der Waals surface area contributed by atoms with Gasteiger partial charge >= 0.3 is 0 Å². The molecule has 2 aromatic rings. The molecule has 0 aliphatic rings. The molecule has 2 rings (SSSR count). The lowest BCUT2D eigenvalue weighted by molar-refractivity contribution is 0.0270. The van der Waals surface area contributed by atoms with Gasteiger partial charge in [-0.2, -0.15) is 0 Å². The van der Waals surface area contributed by atoms with E-state index in [0.717, 1.165) is 44.1 Å². The minimum absolute atomic E-state index is 0.171. The second-order valence-electron chi connectivity index (χ2n) is 8.85. The van der Waals surface area contributed by atoms with E-state index in [4.69, 9.17) is 9.47 Å². The van der Waals surface area contributed by atoms with Gasteiger partial charge < -0.3 is 20.1 Å². The Balaban J connectivity index is 2.14. The number of anilines is 1. The molecule has 6 heteroatoms. The molecule has 0 radical (unpaired) electrons. The number of carbonyl (C=O) groups excluding carboxylic acids is 2. The molecule has 0 heterocycles. The van der Waals surface area contributed by atoms with Gasteiger partial charge in [-0.25, -0.2) is 0 Å². The van der Waals surface area contributed by atoms with Crippen LogP contribution in [0.2, 0.25) is 0 Å². The van der Waals surface area contributed by atoms with Crippen LogP contribution in [0.1, 0.15) is 98.4 Å². The van der Waals surface area contributed by atoms with Gasteiger partial charge in [0, 0.05) is 17.7 Å². The van der Waals surface area contributed by atoms with Crippen LogP contribution in [0.3, 0.4) is 0 Å². The molecule has 2 amide bonds. The summed E-state index contributed by atoms with van der Waals surface area (Å²) < 4.78 is 11.7. The average molecular weight is 483 g/mol. The lowest BCUT2D eigenvalue weighted by atomic mass is 10.1. The number of benzene rings is 2. The van der Waals surface area contributed by atoms with Crippen molar-refractivity contribution in [3.8, 4) is 5.75 Å². The minimum atomic E-state index is -0.260. The number of rotatable bonds is 16. The number of hydrogen-bond acceptors (Lipinski definition) is 4. The summed E-state index contributed by atoms with van der Waals surface area (Å²) in [4.78, 5) is 25.8. The third-order valence-electron chi connectivity index (χ3n) is 6.00. The van der Waals surface area contributed by atoms with Gasteiger partial charge in [-0.15, -0.1) is 0 Å². The first kappa shape index (κ1) is 28.4. The Kier molecular flexibility index (Phi) is 12.9. The van der Waals surface area contributed by atoms with Crippen molar-refractivity contribution in [1.82, 2.24) is 5.32 Å². The normalized spacial score (nSPS) is 11.7. The number of unbranched alkanes of at least 4 members (excludes halogenated alkanes) is 3. The highest BCUT2D eigenvalue weighted by Gasteiger charge is 2.17. The molecule has 0 fully saturated rings. The number of hydrogen-bond donors (Lipinski definition) is 2. The largest absolute Gasteiger partial charge is 0.495 e. The number of carbonyl (C=O) groups is 2. The smallest absolute Gasteiger partial charge is 0.256 e. The first-order valence-corrected chi connectivity index (χ1v) is 13.0. The van der Waals surface area contributed by atoms with Crippen LogP contribution in [0.15, 0.2) is 42.5 Å². The lowest BCUT2D eigenvalue weighted by Gasteiger charge is -2.19. The molecular formula is C29H42N2O4. The summed E-state index contributed by atoms with van der Waals surface area (Å²) in [5.41, 5.74) is 2.33. The van der Waals surface area contributed by atoms with Crippen molar-refractivity contribution in [2.45, 2.75) is 84.8 Å². The van der Waals surface area contributed by atoms with E-state index in [1.165, 1.54) is 12.8 Å². The van der Waals surface area contributed by atoms with Crippen molar-refractivity contribution in [3.63, 3.8) is 0 Å². The maximum Gasteiger partial charge on any atom is 0.256 e. The Labute approximate surface area is 210 Å². The second kappa shape index (κ2) is 15.9. The number of ether oxygens (including phenoxy) is 2. The van der Waals surface area contributed by atoms with Gasteiger partial charge in [0.1, 0.15) is 5.75 Å². The molecule has 2 N–H and O–H groups in total. The molecule has 1 atom stereocenters. The molecule has 0 bridgehead atoms. The monoisotopic (exact) mass is 482 g/mol. The van der Waals surface area contributed by atoms with Crippen LogP contribution >= 0.6 is 0 Å². The summed E-state index contributed by atoms with van der Waals surface area (Å²) in [5.74, 6) is 0.0654. The third kappa shape index (κ3) is 9.36. The maximum atomic E-state index is 13.3. The quantitative estimate of drug-likeness (QED) is 0.260. The van der Waals surface area contributed by atoms with Gasteiger partial charge in [-0.1, -0.05) is 71.1 Å². The summed E-state index contributed by atoms with van der Waals surface area (Å²) in [7, 11) is 1.54. The van der Waals surface area contributed by atoms with Crippen LogP contribution in [-0.4, -0.2) is 31.6 Å². The van der Waals surface area contributed by atoms with Gasteiger partial charge in [-0.05, 0) is 49.1 Å². The zero-order chi connectivity index (χ0) is 25.5. The van der Waals surface area contributed by atoms with Gasteiger partial charge in [0.25, 0.3) is 11.8 Å². The molecule has 0 saturated carbocycles. The molecule has 0 aliphatic heterocycles.